The van der Waals surface area contributed by atoms with Crippen LogP contribution < -0.4 is 10.5 Å². The lowest BCUT2D eigenvalue weighted by atomic mass is 10.0. The molecule has 0 spiro atoms. The van der Waals surface area contributed by atoms with Crippen LogP contribution in [0.3, 0.4) is 0 Å². The molecular weight excluding hydrogens is 229 g/mol. The standard InChI is InChI=1S/C12H16FNO.ClH/c1-3-4-8-11(14)9-6-5-7-10(13)12(9)15-2;/h3,5-7,11H,1,4,8,14H2,2H3;1H/t11-;/m0./s1. The smallest absolute Gasteiger partial charge is 0.165 e. The molecule has 0 amide bonds. The zero-order valence-corrected chi connectivity index (χ0v) is 10.1. The van der Waals surface area contributed by atoms with E-state index in [2.05, 4.69) is 6.58 Å². The van der Waals surface area contributed by atoms with Crippen LogP contribution in [-0.2, 0) is 0 Å². The van der Waals surface area contributed by atoms with Crippen molar-refractivity contribution in [3.8, 4) is 5.75 Å². The molecule has 2 nitrogen and oxygen atoms in total. The Morgan fingerprint density at radius 1 is 1.56 bits per heavy atom. The Hall–Kier alpha value is -1.06. The van der Waals surface area contributed by atoms with Crippen LogP contribution in [0.2, 0.25) is 0 Å². The Labute approximate surface area is 102 Å². The van der Waals surface area contributed by atoms with Gasteiger partial charge in [-0.05, 0) is 18.9 Å². The molecule has 0 radical (unpaired) electrons. The number of hydrogen-bond donors (Lipinski definition) is 1. The van der Waals surface area contributed by atoms with Crippen molar-refractivity contribution in [2.45, 2.75) is 18.9 Å². The highest BCUT2D eigenvalue weighted by atomic mass is 35.5. The van der Waals surface area contributed by atoms with Gasteiger partial charge in [-0.15, -0.1) is 19.0 Å². The molecule has 0 fully saturated rings. The minimum atomic E-state index is -0.371. The fraction of sp³-hybridized carbons (Fsp3) is 0.333. The fourth-order valence-corrected chi connectivity index (χ4v) is 1.49. The van der Waals surface area contributed by atoms with E-state index in [1.165, 1.54) is 13.2 Å². The van der Waals surface area contributed by atoms with E-state index in [1.54, 1.807) is 18.2 Å². The molecule has 0 aliphatic heterocycles. The average Bonchev–Trinajstić information content (AvgIpc) is 2.25. The van der Waals surface area contributed by atoms with Crippen molar-refractivity contribution in [1.29, 1.82) is 0 Å². The SMILES string of the molecule is C=CCC[C@H](N)c1cccc(F)c1OC.Cl. The van der Waals surface area contributed by atoms with Crippen molar-refractivity contribution in [3.63, 3.8) is 0 Å². The van der Waals surface area contributed by atoms with Crippen LogP contribution in [0.5, 0.6) is 5.75 Å². The maximum absolute atomic E-state index is 13.3. The number of rotatable bonds is 5. The molecule has 16 heavy (non-hydrogen) atoms. The van der Waals surface area contributed by atoms with Gasteiger partial charge in [-0.1, -0.05) is 18.2 Å². The predicted molar refractivity (Wildman–Crippen MR) is 66.6 cm³/mol. The van der Waals surface area contributed by atoms with Crippen molar-refractivity contribution >= 4 is 12.4 Å². The van der Waals surface area contributed by atoms with E-state index in [-0.39, 0.29) is 30.0 Å². The number of ether oxygens (including phenoxy) is 1. The molecule has 1 atom stereocenters. The largest absolute Gasteiger partial charge is 0.493 e. The second-order valence-electron chi connectivity index (χ2n) is 3.33. The molecule has 90 valence electrons. The quantitative estimate of drug-likeness (QED) is 0.809. The topological polar surface area (TPSA) is 35.2 Å². The van der Waals surface area contributed by atoms with E-state index in [4.69, 9.17) is 10.5 Å². The molecular formula is C12H17ClFNO. The van der Waals surface area contributed by atoms with E-state index >= 15 is 0 Å². The molecule has 0 aromatic heterocycles. The molecule has 0 aliphatic rings. The van der Waals surface area contributed by atoms with Gasteiger partial charge in [-0.3, -0.25) is 0 Å². The van der Waals surface area contributed by atoms with E-state index in [0.29, 0.717) is 5.56 Å². The summed E-state index contributed by atoms with van der Waals surface area (Å²) in [6.07, 6.45) is 3.34. The molecule has 0 saturated heterocycles. The molecule has 1 aromatic carbocycles. The van der Waals surface area contributed by atoms with Gasteiger partial charge in [0.1, 0.15) is 0 Å². The van der Waals surface area contributed by atoms with Crippen LogP contribution >= 0.6 is 12.4 Å². The fourth-order valence-electron chi connectivity index (χ4n) is 1.49. The van der Waals surface area contributed by atoms with Crippen LogP contribution in [0.4, 0.5) is 4.39 Å². The van der Waals surface area contributed by atoms with Crippen LogP contribution in [0, 0.1) is 5.82 Å². The molecule has 0 aliphatic carbocycles. The first kappa shape index (κ1) is 14.9. The Morgan fingerprint density at radius 2 is 2.25 bits per heavy atom. The third-order valence-electron chi connectivity index (χ3n) is 2.28. The first-order valence-electron chi connectivity index (χ1n) is 4.89. The summed E-state index contributed by atoms with van der Waals surface area (Å²) >= 11 is 0. The van der Waals surface area contributed by atoms with Gasteiger partial charge in [0.15, 0.2) is 11.6 Å². The second-order valence-corrected chi connectivity index (χ2v) is 3.33. The first-order chi connectivity index (χ1) is 7.20. The van der Waals surface area contributed by atoms with Gasteiger partial charge in [0.05, 0.1) is 7.11 Å². The molecule has 2 N–H and O–H groups in total. The van der Waals surface area contributed by atoms with Gasteiger partial charge in [0.2, 0.25) is 0 Å². The van der Waals surface area contributed by atoms with Crippen molar-refractivity contribution in [3.05, 3.63) is 42.2 Å². The summed E-state index contributed by atoms with van der Waals surface area (Å²) in [7, 11) is 1.45. The number of halogens is 2. The van der Waals surface area contributed by atoms with Crippen molar-refractivity contribution in [2.75, 3.05) is 7.11 Å². The summed E-state index contributed by atoms with van der Waals surface area (Å²) in [5.41, 5.74) is 6.64. The van der Waals surface area contributed by atoms with Gasteiger partial charge in [0.25, 0.3) is 0 Å². The van der Waals surface area contributed by atoms with Gasteiger partial charge in [-0.2, -0.15) is 0 Å². The average molecular weight is 246 g/mol. The molecule has 0 unspecified atom stereocenters. The van der Waals surface area contributed by atoms with Crippen LogP contribution in [0.25, 0.3) is 0 Å². The number of benzene rings is 1. The lowest BCUT2D eigenvalue weighted by Crippen LogP contribution is -2.11. The first-order valence-corrected chi connectivity index (χ1v) is 4.89. The lowest BCUT2D eigenvalue weighted by Gasteiger charge is -2.15. The number of hydrogen-bond acceptors (Lipinski definition) is 2. The van der Waals surface area contributed by atoms with E-state index in [0.717, 1.165) is 12.8 Å². The summed E-state index contributed by atoms with van der Waals surface area (Å²) < 4.78 is 18.3. The van der Waals surface area contributed by atoms with Crippen LogP contribution in [-0.4, -0.2) is 7.11 Å². The summed E-state index contributed by atoms with van der Waals surface area (Å²) in [4.78, 5) is 0. The van der Waals surface area contributed by atoms with Crippen molar-refractivity contribution in [1.82, 2.24) is 0 Å². The number of para-hydroxylation sites is 1. The van der Waals surface area contributed by atoms with E-state index < -0.39 is 0 Å². The van der Waals surface area contributed by atoms with Crippen LogP contribution in [0.1, 0.15) is 24.4 Å². The van der Waals surface area contributed by atoms with Gasteiger partial charge < -0.3 is 10.5 Å². The third kappa shape index (κ3) is 3.51. The minimum Gasteiger partial charge on any atom is -0.493 e. The van der Waals surface area contributed by atoms with E-state index in [1.807, 2.05) is 0 Å². The monoisotopic (exact) mass is 245 g/mol. The van der Waals surface area contributed by atoms with Gasteiger partial charge >= 0.3 is 0 Å². The Balaban J connectivity index is 0.00000225. The molecule has 1 aromatic rings. The highest BCUT2D eigenvalue weighted by molar-refractivity contribution is 5.85. The van der Waals surface area contributed by atoms with E-state index in [9.17, 15) is 4.39 Å². The number of methoxy groups -OCH3 is 1. The Bertz CT molecular complexity index is 344. The molecule has 4 heteroatoms. The normalized spacial score (nSPS) is 11.4. The van der Waals surface area contributed by atoms with Gasteiger partial charge in [-0.25, -0.2) is 4.39 Å². The summed E-state index contributed by atoms with van der Waals surface area (Å²) in [5, 5.41) is 0. The zero-order chi connectivity index (χ0) is 11.3. The highest BCUT2D eigenvalue weighted by Gasteiger charge is 2.14. The molecule has 1 rings (SSSR count). The minimum absolute atomic E-state index is 0. The summed E-state index contributed by atoms with van der Waals surface area (Å²) in [5.74, 6) is -0.127. The third-order valence-corrected chi connectivity index (χ3v) is 2.28. The van der Waals surface area contributed by atoms with Crippen molar-refractivity contribution < 1.29 is 9.13 Å². The summed E-state index contributed by atoms with van der Waals surface area (Å²) in [6.45, 7) is 3.63. The van der Waals surface area contributed by atoms with Crippen LogP contribution in [0.15, 0.2) is 30.9 Å². The molecule has 0 bridgehead atoms. The maximum atomic E-state index is 13.3. The Morgan fingerprint density at radius 3 is 2.81 bits per heavy atom. The summed E-state index contributed by atoms with van der Waals surface area (Å²) in [6, 6.07) is 4.58. The molecule has 0 heterocycles. The number of nitrogens with two attached hydrogens (primary N) is 1. The van der Waals surface area contributed by atoms with Crippen molar-refractivity contribution in [2.24, 2.45) is 5.73 Å². The lowest BCUT2D eigenvalue weighted by molar-refractivity contribution is 0.376. The Kier molecular flexibility index (Phi) is 6.77. The maximum Gasteiger partial charge on any atom is 0.165 e. The zero-order valence-electron chi connectivity index (χ0n) is 9.28. The predicted octanol–water partition coefficient (Wildman–Crippen LogP) is 3.22. The van der Waals surface area contributed by atoms with Gasteiger partial charge in [0, 0.05) is 11.6 Å². The second kappa shape index (κ2) is 7.25. The number of allylic oxidation sites excluding steroid dienone is 1. The highest BCUT2D eigenvalue weighted by Crippen LogP contribution is 2.28. The molecule has 0 saturated carbocycles.